The molecule has 3 aromatic heterocycles. The van der Waals surface area contributed by atoms with Gasteiger partial charge >= 0.3 is 5.97 Å². The van der Waals surface area contributed by atoms with Gasteiger partial charge in [-0.05, 0) is 55.9 Å². The Bertz CT molecular complexity index is 1440. The van der Waals surface area contributed by atoms with Crippen LogP contribution in [0.25, 0.3) is 22.5 Å². The summed E-state index contributed by atoms with van der Waals surface area (Å²) in [6.07, 6.45) is 4.66. The summed E-state index contributed by atoms with van der Waals surface area (Å²) in [6, 6.07) is 7.18. The van der Waals surface area contributed by atoms with E-state index in [0.717, 1.165) is 24.2 Å². The zero-order chi connectivity index (χ0) is 25.9. The number of aromatic nitrogens is 3. The van der Waals surface area contributed by atoms with Crippen molar-refractivity contribution >= 4 is 62.9 Å². The van der Waals surface area contributed by atoms with E-state index >= 15 is 0 Å². The van der Waals surface area contributed by atoms with Crippen molar-refractivity contribution in [2.75, 3.05) is 18.2 Å². The molecule has 0 spiro atoms. The highest BCUT2D eigenvalue weighted by atomic mass is 35.5. The number of anilines is 1. The Balaban J connectivity index is 1.32. The Labute approximate surface area is 232 Å². The van der Waals surface area contributed by atoms with E-state index in [1.807, 2.05) is 17.5 Å². The van der Waals surface area contributed by atoms with Crippen molar-refractivity contribution in [1.29, 1.82) is 0 Å². The van der Waals surface area contributed by atoms with Crippen LogP contribution in [0.5, 0.6) is 0 Å². The fourth-order valence-corrected chi connectivity index (χ4v) is 7.48. The summed E-state index contributed by atoms with van der Waals surface area (Å²) in [5.41, 5.74) is 4.40. The highest BCUT2D eigenvalue weighted by molar-refractivity contribution is 7.99. The first kappa shape index (κ1) is 26.0. The highest BCUT2D eigenvalue weighted by Crippen LogP contribution is 2.38. The first-order chi connectivity index (χ1) is 18.0. The first-order valence-corrected chi connectivity index (χ1v) is 15.0. The van der Waals surface area contributed by atoms with E-state index < -0.39 is 5.97 Å². The number of methoxy groups -OCH3 is 1. The van der Waals surface area contributed by atoms with Gasteiger partial charge in [-0.3, -0.25) is 4.79 Å². The lowest BCUT2D eigenvalue weighted by molar-refractivity contribution is -0.113. The molecule has 5 rings (SSSR count). The molecule has 0 atom stereocenters. The Morgan fingerprint density at radius 2 is 1.86 bits per heavy atom. The number of halogens is 1. The summed E-state index contributed by atoms with van der Waals surface area (Å²) >= 11 is 10.4. The molecule has 1 aromatic carbocycles. The van der Waals surface area contributed by atoms with Crippen molar-refractivity contribution in [3.05, 3.63) is 56.1 Å². The number of nitrogens with zero attached hydrogens (tertiary/aromatic N) is 3. The van der Waals surface area contributed by atoms with E-state index in [-0.39, 0.29) is 11.7 Å². The lowest BCUT2D eigenvalue weighted by atomic mass is 9.96. The van der Waals surface area contributed by atoms with Crippen LogP contribution in [0.3, 0.4) is 0 Å². The van der Waals surface area contributed by atoms with Gasteiger partial charge in [0.25, 0.3) is 0 Å². The molecule has 1 N–H and O–H groups in total. The number of benzene rings is 1. The maximum absolute atomic E-state index is 12.9. The summed E-state index contributed by atoms with van der Waals surface area (Å²) in [6.45, 7) is 2.77. The van der Waals surface area contributed by atoms with Gasteiger partial charge in [0.15, 0.2) is 11.0 Å². The smallest absolute Gasteiger partial charge is 0.341 e. The van der Waals surface area contributed by atoms with Crippen molar-refractivity contribution in [2.45, 2.75) is 44.3 Å². The Morgan fingerprint density at radius 1 is 1.11 bits per heavy atom. The lowest BCUT2D eigenvalue weighted by Crippen LogP contribution is -2.16. The standard InChI is InChI=1S/C26H25ClN4O3S3/c1-3-31-23(19-13-35-20-7-5-4-6-17(19)20)29-30-26(31)37-14-21(32)28-24-22(25(33)34-2)18(12-36-24)15-8-10-16(27)11-9-15/h8-13H,3-7,14H2,1-2H3,(H,28,32). The second-order valence-electron chi connectivity index (χ2n) is 8.50. The first-order valence-electron chi connectivity index (χ1n) is 11.9. The van der Waals surface area contributed by atoms with Gasteiger partial charge < -0.3 is 14.6 Å². The van der Waals surface area contributed by atoms with Gasteiger partial charge in [0, 0.05) is 38.3 Å². The third-order valence-corrected chi connectivity index (χ3v) is 9.46. The fourth-order valence-electron chi connectivity index (χ4n) is 4.45. The van der Waals surface area contributed by atoms with Gasteiger partial charge in [0.2, 0.25) is 5.91 Å². The monoisotopic (exact) mass is 572 g/mol. The van der Waals surface area contributed by atoms with Crippen LogP contribution in [0.15, 0.2) is 40.2 Å². The summed E-state index contributed by atoms with van der Waals surface area (Å²) < 4.78 is 7.07. The van der Waals surface area contributed by atoms with E-state index in [9.17, 15) is 9.59 Å². The normalized spacial score (nSPS) is 12.8. The van der Waals surface area contributed by atoms with Crippen molar-refractivity contribution in [2.24, 2.45) is 0 Å². The topological polar surface area (TPSA) is 86.1 Å². The number of fused-ring (bicyclic) bond motifs is 1. The summed E-state index contributed by atoms with van der Waals surface area (Å²) in [5.74, 6) is 0.251. The molecule has 0 radical (unpaired) electrons. The van der Waals surface area contributed by atoms with Gasteiger partial charge in [-0.2, -0.15) is 0 Å². The number of aryl methyl sites for hydroxylation is 1. The van der Waals surface area contributed by atoms with Crippen molar-refractivity contribution in [3.8, 4) is 22.5 Å². The van der Waals surface area contributed by atoms with Crippen molar-refractivity contribution < 1.29 is 14.3 Å². The molecule has 0 bridgehead atoms. The molecule has 1 aliphatic carbocycles. The molecule has 3 heterocycles. The molecule has 0 fully saturated rings. The minimum Gasteiger partial charge on any atom is -0.465 e. The predicted molar refractivity (Wildman–Crippen MR) is 151 cm³/mol. The van der Waals surface area contributed by atoms with Gasteiger partial charge in [0.1, 0.15) is 10.6 Å². The van der Waals surface area contributed by atoms with Crippen LogP contribution in [0.1, 0.15) is 40.6 Å². The SMILES string of the molecule is CCn1c(SCC(=O)Nc2scc(-c3ccc(Cl)cc3)c2C(=O)OC)nnc1-c1csc2c1CCCC2. The molecular formula is C26H25ClN4O3S3. The van der Waals surface area contributed by atoms with E-state index in [0.29, 0.717) is 32.9 Å². The minimum absolute atomic E-state index is 0.134. The van der Waals surface area contributed by atoms with E-state index in [2.05, 4.69) is 32.4 Å². The number of rotatable bonds is 8. The van der Waals surface area contributed by atoms with Crippen LogP contribution < -0.4 is 5.32 Å². The van der Waals surface area contributed by atoms with Gasteiger partial charge in [-0.15, -0.1) is 32.9 Å². The Kier molecular flexibility index (Phi) is 7.99. The zero-order valence-corrected chi connectivity index (χ0v) is 23.6. The second-order valence-corrected chi connectivity index (χ2v) is 11.7. The quantitative estimate of drug-likeness (QED) is 0.184. The molecular weight excluding hydrogens is 548 g/mol. The molecule has 0 aliphatic heterocycles. The molecule has 0 saturated heterocycles. The van der Waals surface area contributed by atoms with E-state index in [1.54, 1.807) is 23.5 Å². The van der Waals surface area contributed by atoms with Crippen LogP contribution in [-0.4, -0.2) is 39.5 Å². The largest absolute Gasteiger partial charge is 0.465 e. The number of amides is 1. The molecule has 11 heteroatoms. The number of carbonyl (C=O) groups excluding carboxylic acids is 2. The van der Waals surface area contributed by atoms with E-state index in [4.69, 9.17) is 16.3 Å². The number of hydrogen-bond acceptors (Lipinski definition) is 8. The molecule has 0 unspecified atom stereocenters. The minimum atomic E-state index is -0.511. The molecule has 4 aromatic rings. The summed E-state index contributed by atoms with van der Waals surface area (Å²) in [4.78, 5) is 27.0. The number of hydrogen-bond donors (Lipinski definition) is 1. The van der Waals surface area contributed by atoms with Gasteiger partial charge in [-0.25, -0.2) is 4.79 Å². The van der Waals surface area contributed by atoms with Crippen LogP contribution in [0.4, 0.5) is 5.00 Å². The summed E-state index contributed by atoms with van der Waals surface area (Å²) in [5, 5.41) is 17.5. The van der Waals surface area contributed by atoms with Crippen LogP contribution >= 0.6 is 46.0 Å². The number of esters is 1. The third-order valence-electron chi connectivity index (χ3n) is 6.26. The zero-order valence-electron chi connectivity index (χ0n) is 20.4. The molecule has 37 heavy (non-hydrogen) atoms. The molecule has 7 nitrogen and oxygen atoms in total. The lowest BCUT2D eigenvalue weighted by Gasteiger charge is -2.13. The molecule has 0 saturated carbocycles. The summed E-state index contributed by atoms with van der Waals surface area (Å²) in [7, 11) is 1.33. The number of thioether (sulfide) groups is 1. The van der Waals surface area contributed by atoms with E-state index in [1.165, 1.54) is 59.1 Å². The average Bonchev–Trinajstić information content (AvgIpc) is 3.63. The average molecular weight is 573 g/mol. The molecule has 1 amide bonds. The maximum atomic E-state index is 12.9. The second kappa shape index (κ2) is 11.4. The molecule has 1 aliphatic rings. The maximum Gasteiger partial charge on any atom is 0.341 e. The van der Waals surface area contributed by atoms with Crippen molar-refractivity contribution in [3.63, 3.8) is 0 Å². The van der Waals surface area contributed by atoms with Crippen LogP contribution in [0.2, 0.25) is 5.02 Å². The molecule has 192 valence electrons. The Hall–Kier alpha value is -2.66. The Morgan fingerprint density at radius 3 is 2.62 bits per heavy atom. The number of thiophene rings is 2. The van der Waals surface area contributed by atoms with Gasteiger partial charge in [-0.1, -0.05) is 35.5 Å². The van der Waals surface area contributed by atoms with Crippen LogP contribution in [-0.2, 0) is 28.9 Å². The number of nitrogens with one attached hydrogen (secondary N) is 1. The highest BCUT2D eigenvalue weighted by Gasteiger charge is 2.24. The van der Waals surface area contributed by atoms with Gasteiger partial charge in [0.05, 0.1) is 12.9 Å². The number of ether oxygens (including phenoxy) is 1. The van der Waals surface area contributed by atoms with Crippen molar-refractivity contribution in [1.82, 2.24) is 14.8 Å². The fraction of sp³-hybridized carbons (Fsp3) is 0.308. The number of carbonyl (C=O) groups is 2. The van der Waals surface area contributed by atoms with Crippen LogP contribution in [0, 0.1) is 0 Å². The third kappa shape index (κ3) is 5.34. The predicted octanol–water partition coefficient (Wildman–Crippen LogP) is 6.80.